The second-order valence-electron chi connectivity index (χ2n) is 5.58. The van der Waals surface area contributed by atoms with E-state index in [1.165, 1.54) is 5.56 Å². The third kappa shape index (κ3) is 5.46. The van der Waals surface area contributed by atoms with Crippen molar-refractivity contribution in [1.82, 2.24) is 10.2 Å². The third-order valence-electron chi connectivity index (χ3n) is 3.84. The topological polar surface area (TPSA) is 58.6 Å². The molecule has 0 unspecified atom stereocenters. The standard InChI is InChI=1S/C17H24N2O3S/c1-3-22-17(21)19-10-8-14(9-11-19)18-16(20)12-23-15-7-5-4-6-13(15)2/h4-7,14H,3,8-12H2,1-2H3,(H,18,20). The van der Waals surface area contributed by atoms with Gasteiger partial charge in [0.2, 0.25) is 5.91 Å². The zero-order valence-electron chi connectivity index (χ0n) is 13.7. The van der Waals surface area contributed by atoms with E-state index in [-0.39, 0.29) is 18.0 Å². The lowest BCUT2D eigenvalue weighted by Gasteiger charge is -2.31. The number of hydrogen-bond acceptors (Lipinski definition) is 4. The summed E-state index contributed by atoms with van der Waals surface area (Å²) in [5.74, 6) is 0.469. The van der Waals surface area contributed by atoms with Crippen molar-refractivity contribution in [3.8, 4) is 0 Å². The molecule has 2 rings (SSSR count). The SMILES string of the molecule is CCOC(=O)N1CCC(NC(=O)CSc2ccccc2C)CC1. The Morgan fingerprint density at radius 1 is 1.30 bits per heavy atom. The molecule has 1 saturated heterocycles. The van der Waals surface area contributed by atoms with Crippen molar-refractivity contribution < 1.29 is 14.3 Å². The van der Waals surface area contributed by atoms with Crippen LogP contribution in [0.4, 0.5) is 4.79 Å². The summed E-state index contributed by atoms with van der Waals surface area (Å²) < 4.78 is 4.99. The van der Waals surface area contributed by atoms with Crippen LogP contribution < -0.4 is 5.32 Å². The number of benzene rings is 1. The van der Waals surface area contributed by atoms with Gasteiger partial charge < -0.3 is 15.0 Å². The number of nitrogens with one attached hydrogen (secondary N) is 1. The Bertz CT molecular complexity index is 542. The highest BCUT2D eigenvalue weighted by molar-refractivity contribution is 8.00. The van der Waals surface area contributed by atoms with Gasteiger partial charge in [-0.05, 0) is 38.3 Å². The van der Waals surface area contributed by atoms with E-state index < -0.39 is 0 Å². The molecule has 1 N–H and O–H groups in total. The fourth-order valence-electron chi connectivity index (χ4n) is 2.55. The Labute approximate surface area is 141 Å². The summed E-state index contributed by atoms with van der Waals surface area (Å²) >= 11 is 1.56. The molecule has 6 heteroatoms. The van der Waals surface area contributed by atoms with Gasteiger partial charge in [-0.15, -0.1) is 11.8 Å². The molecule has 1 aliphatic heterocycles. The van der Waals surface area contributed by atoms with Crippen LogP contribution in [0.3, 0.4) is 0 Å². The maximum Gasteiger partial charge on any atom is 0.409 e. The molecule has 0 saturated carbocycles. The van der Waals surface area contributed by atoms with Crippen molar-refractivity contribution in [1.29, 1.82) is 0 Å². The number of piperidine rings is 1. The number of amides is 2. The molecule has 1 aliphatic rings. The van der Waals surface area contributed by atoms with E-state index in [0.29, 0.717) is 25.4 Å². The van der Waals surface area contributed by atoms with Gasteiger partial charge in [0.25, 0.3) is 0 Å². The van der Waals surface area contributed by atoms with E-state index >= 15 is 0 Å². The Kier molecular flexibility index (Phi) is 6.77. The lowest BCUT2D eigenvalue weighted by Crippen LogP contribution is -2.47. The zero-order valence-corrected chi connectivity index (χ0v) is 14.5. The van der Waals surface area contributed by atoms with E-state index in [1.54, 1.807) is 23.6 Å². The average molecular weight is 336 g/mol. The van der Waals surface area contributed by atoms with Gasteiger partial charge in [-0.25, -0.2) is 4.79 Å². The first kappa shape index (κ1) is 17.7. The van der Waals surface area contributed by atoms with Crippen molar-refractivity contribution in [3.63, 3.8) is 0 Å². The smallest absolute Gasteiger partial charge is 0.409 e. The highest BCUT2D eigenvalue weighted by atomic mass is 32.2. The number of thioether (sulfide) groups is 1. The molecule has 23 heavy (non-hydrogen) atoms. The lowest BCUT2D eigenvalue weighted by molar-refractivity contribution is -0.119. The number of ether oxygens (including phenoxy) is 1. The van der Waals surface area contributed by atoms with Gasteiger partial charge in [0.05, 0.1) is 12.4 Å². The molecule has 1 aromatic carbocycles. The molecular formula is C17H24N2O3S. The predicted molar refractivity (Wildman–Crippen MR) is 91.7 cm³/mol. The van der Waals surface area contributed by atoms with Gasteiger partial charge in [0.1, 0.15) is 0 Å². The van der Waals surface area contributed by atoms with E-state index in [9.17, 15) is 9.59 Å². The highest BCUT2D eigenvalue weighted by Gasteiger charge is 2.24. The van der Waals surface area contributed by atoms with Gasteiger partial charge >= 0.3 is 6.09 Å². The first-order valence-electron chi connectivity index (χ1n) is 7.99. The third-order valence-corrected chi connectivity index (χ3v) is 5.01. The lowest BCUT2D eigenvalue weighted by atomic mass is 10.1. The molecule has 2 amide bonds. The minimum atomic E-state index is -0.257. The second-order valence-corrected chi connectivity index (χ2v) is 6.60. The Hall–Kier alpha value is -1.69. The summed E-state index contributed by atoms with van der Waals surface area (Å²) in [6, 6.07) is 8.21. The van der Waals surface area contributed by atoms with Gasteiger partial charge in [0, 0.05) is 24.0 Å². The zero-order chi connectivity index (χ0) is 16.7. The highest BCUT2D eigenvalue weighted by Crippen LogP contribution is 2.21. The summed E-state index contributed by atoms with van der Waals surface area (Å²) in [6.07, 6.45) is 1.30. The van der Waals surface area contributed by atoms with Crippen LogP contribution >= 0.6 is 11.8 Å². The molecule has 0 aromatic heterocycles. The van der Waals surface area contributed by atoms with Crippen LogP contribution in [0.25, 0.3) is 0 Å². The molecule has 5 nitrogen and oxygen atoms in total. The summed E-state index contributed by atoms with van der Waals surface area (Å²) in [7, 11) is 0. The van der Waals surface area contributed by atoms with E-state index in [4.69, 9.17) is 4.74 Å². The van der Waals surface area contributed by atoms with E-state index in [0.717, 1.165) is 17.7 Å². The average Bonchev–Trinajstić information content (AvgIpc) is 2.55. The summed E-state index contributed by atoms with van der Waals surface area (Å²) in [6.45, 7) is 5.51. The van der Waals surface area contributed by atoms with Crippen LogP contribution in [0.5, 0.6) is 0 Å². The summed E-state index contributed by atoms with van der Waals surface area (Å²) in [5.41, 5.74) is 1.19. The van der Waals surface area contributed by atoms with Crippen molar-refractivity contribution >= 4 is 23.8 Å². The van der Waals surface area contributed by atoms with Crippen LogP contribution in [0.2, 0.25) is 0 Å². The monoisotopic (exact) mass is 336 g/mol. The van der Waals surface area contributed by atoms with Crippen LogP contribution in [-0.2, 0) is 9.53 Å². The fraction of sp³-hybridized carbons (Fsp3) is 0.529. The van der Waals surface area contributed by atoms with Crippen molar-refractivity contribution in [3.05, 3.63) is 29.8 Å². The molecule has 0 bridgehead atoms. The number of likely N-dealkylation sites (tertiary alicyclic amines) is 1. The summed E-state index contributed by atoms with van der Waals surface area (Å²) in [4.78, 5) is 26.5. The summed E-state index contributed by atoms with van der Waals surface area (Å²) in [5, 5.41) is 3.06. The van der Waals surface area contributed by atoms with Gasteiger partial charge in [-0.2, -0.15) is 0 Å². The quantitative estimate of drug-likeness (QED) is 0.840. The molecule has 1 fully saturated rings. The number of rotatable bonds is 5. The Morgan fingerprint density at radius 2 is 2.00 bits per heavy atom. The van der Waals surface area contributed by atoms with Crippen molar-refractivity contribution in [2.24, 2.45) is 0 Å². The van der Waals surface area contributed by atoms with Crippen molar-refractivity contribution in [2.75, 3.05) is 25.4 Å². The number of carbonyl (C=O) groups is 2. The van der Waals surface area contributed by atoms with Gasteiger partial charge in [-0.1, -0.05) is 18.2 Å². The molecule has 0 aliphatic carbocycles. The Balaban J connectivity index is 1.71. The number of carbonyl (C=O) groups excluding carboxylic acids is 2. The number of aryl methyl sites for hydroxylation is 1. The first-order chi connectivity index (χ1) is 11.1. The molecule has 1 heterocycles. The van der Waals surface area contributed by atoms with Crippen LogP contribution in [0.15, 0.2) is 29.2 Å². The van der Waals surface area contributed by atoms with E-state index in [2.05, 4.69) is 5.32 Å². The normalized spacial score (nSPS) is 15.3. The number of hydrogen-bond donors (Lipinski definition) is 1. The van der Waals surface area contributed by atoms with E-state index in [1.807, 2.05) is 31.2 Å². The predicted octanol–water partition coefficient (Wildman–Crippen LogP) is 2.82. The molecule has 1 aromatic rings. The maximum atomic E-state index is 12.1. The van der Waals surface area contributed by atoms with Crippen molar-refractivity contribution in [2.45, 2.75) is 37.6 Å². The number of nitrogens with zero attached hydrogens (tertiary/aromatic N) is 1. The van der Waals surface area contributed by atoms with Crippen LogP contribution in [0, 0.1) is 6.92 Å². The molecule has 0 radical (unpaired) electrons. The van der Waals surface area contributed by atoms with Crippen LogP contribution in [0.1, 0.15) is 25.3 Å². The largest absolute Gasteiger partial charge is 0.450 e. The second kappa shape index (κ2) is 8.82. The maximum absolute atomic E-state index is 12.1. The minimum absolute atomic E-state index is 0.0489. The molecule has 126 valence electrons. The van der Waals surface area contributed by atoms with Crippen LogP contribution in [-0.4, -0.2) is 48.4 Å². The van der Waals surface area contributed by atoms with Gasteiger partial charge in [0.15, 0.2) is 0 Å². The van der Waals surface area contributed by atoms with Gasteiger partial charge in [-0.3, -0.25) is 4.79 Å². The fourth-order valence-corrected chi connectivity index (χ4v) is 3.39. The molecular weight excluding hydrogens is 312 g/mol. The molecule has 0 atom stereocenters. The first-order valence-corrected chi connectivity index (χ1v) is 8.98. The molecule has 0 spiro atoms. The Morgan fingerprint density at radius 3 is 2.65 bits per heavy atom. The minimum Gasteiger partial charge on any atom is -0.450 e.